The predicted molar refractivity (Wildman–Crippen MR) is 117 cm³/mol. The molecule has 41 heavy (non-hydrogen) atoms. The molecule has 8 nitrogen and oxygen atoms in total. The zero-order valence-electron chi connectivity index (χ0n) is 20.0. The van der Waals surface area contributed by atoms with E-state index in [9.17, 15) is 39.5 Å². The zero-order chi connectivity index (χ0) is 30.5. The third kappa shape index (κ3) is 6.54. The summed E-state index contributed by atoms with van der Waals surface area (Å²) >= 11 is 5.74. The highest BCUT2D eigenvalue weighted by Crippen LogP contribution is 2.33. The van der Waals surface area contributed by atoms with Gasteiger partial charge in [-0.05, 0) is 29.3 Å². The molecule has 0 amide bonds. The van der Waals surface area contributed by atoms with Gasteiger partial charge < -0.3 is 4.74 Å². The van der Waals surface area contributed by atoms with Crippen LogP contribution in [0.1, 0.15) is 11.3 Å². The van der Waals surface area contributed by atoms with E-state index in [-0.39, 0.29) is 10.2 Å². The molecule has 0 atom stereocenters. The van der Waals surface area contributed by atoms with Crippen LogP contribution in [0, 0.1) is 11.6 Å². The Balaban J connectivity index is 1.90. The van der Waals surface area contributed by atoms with Crippen molar-refractivity contribution in [3.05, 3.63) is 58.2 Å². The van der Waals surface area contributed by atoms with E-state index in [1.165, 1.54) is 0 Å². The van der Waals surface area contributed by atoms with Crippen molar-refractivity contribution in [2.24, 2.45) is 4.99 Å². The third-order valence-electron chi connectivity index (χ3n) is 5.29. The van der Waals surface area contributed by atoms with E-state index in [2.05, 4.69) is 20.1 Å². The number of halogens is 12. The second-order valence-corrected chi connectivity index (χ2v) is 8.59. The van der Waals surface area contributed by atoms with Gasteiger partial charge in [-0.1, -0.05) is 0 Å². The fourth-order valence-electron chi connectivity index (χ4n) is 3.80. The standard InChI is InChI=1S/C21H13ClF11N7O/c1-41-14-4-13(21(31,32)33)37-40(14)15-10(23)2-9(3-11(15)24)6-38-16-12(5-34-17(22)36-16)39(8-20(28,29)30)18(38)35-7-19(25,26)27/h2-5H,6-8H2,1H3. The minimum atomic E-state index is -4.99. The first kappa shape index (κ1) is 30.1. The summed E-state index contributed by atoms with van der Waals surface area (Å²) in [7, 11) is 0.921. The molecule has 0 aliphatic carbocycles. The molecular formula is C21H13ClF11N7O. The Bertz CT molecular complexity index is 1640. The van der Waals surface area contributed by atoms with Gasteiger partial charge in [0, 0.05) is 6.07 Å². The van der Waals surface area contributed by atoms with E-state index in [4.69, 9.17) is 16.3 Å². The van der Waals surface area contributed by atoms with Gasteiger partial charge in [0.25, 0.3) is 0 Å². The van der Waals surface area contributed by atoms with Crippen LogP contribution in [-0.4, -0.2) is 54.9 Å². The molecule has 0 unspecified atom stereocenters. The Morgan fingerprint density at radius 2 is 1.56 bits per heavy atom. The van der Waals surface area contributed by atoms with Crippen molar-refractivity contribution >= 4 is 22.8 Å². The Morgan fingerprint density at radius 3 is 2.10 bits per heavy atom. The first-order chi connectivity index (χ1) is 18.9. The first-order valence-electron chi connectivity index (χ1n) is 10.8. The maximum Gasteiger partial charge on any atom is 0.435 e. The van der Waals surface area contributed by atoms with E-state index >= 15 is 8.78 Å². The Kier molecular flexibility index (Phi) is 7.70. The number of imidazole rings is 1. The summed E-state index contributed by atoms with van der Waals surface area (Å²) in [6.45, 7) is -4.56. The highest BCUT2D eigenvalue weighted by molar-refractivity contribution is 6.28. The quantitative estimate of drug-likeness (QED) is 0.212. The molecule has 0 radical (unpaired) electrons. The fraction of sp³-hybridized carbons (Fsp3) is 0.333. The van der Waals surface area contributed by atoms with E-state index in [1.54, 1.807) is 0 Å². The lowest BCUT2D eigenvalue weighted by Crippen LogP contribution is -2.33. The highest BCUT2D eigenvalue weighted by atomic mass is 35.5. The smallest absolute Gasteiger partial charge is 0.435 e. The lowest BCUT2D eigenvalue weighted by atomic mass is 10.2. The average molecular weight is 624 g/mol. The second-order valence-electron chi connectivity index (χ2n) is 8.26. The number of rotatable bonds is 6. The van der Waals surface area contributed by atoms with Crippen LogP contribution in [0.2, 0.25) is 5.28 Å². The molecule has 4 rings (SSSR count). The fourth-order valence-corrected chi connectivity index (χ4v) is 3.93. The Hall–Kier alpha value is -3.90. The third-order valence-corrected chi connectivity index (χ3v) is 5.47. The van der Waals surface area contributed by atoms with Crippen LogP contribution in [0.4, 0.5) is 48.3 Å². The van der Waals surface area contributed by atoms with Gasteiger partial charge in [0.1, 0.15) is 24.3 Å². The van der Waals surface area contributed by atoms with Crippen molar-refractivity contribution in [1.82, 2.24) is 28.9 Å². The van der Waals surface area contributed by atoms with Crippen molar-refractivity contribution in [3.8, 4) is 11.6 Å². The maximum absolute atomic E-state index is 15.1. The number of fused-ring (bicyclic) bond motifs is 1. The number of nitrogens with zero attached hydrogens (tertiary/aromatic N) is 7. The zero-order valence-corrected chi connectivity index (χ0v) is 20.8. The maximum atomic E-state index is 15.1. The monoisotopic (exact) mass is 623 g/mol. The van der Waals surface area contributed by atoms with E-state index < -0.39 is 89.1 Å². The molecule has 0 saturated heterocycles. The van der Waals surface area contributed by atoms with Crippen LogP contribution in [-0.2, 0) is 19.3 Å². The minimum absolute atomic E-state index is 0.205. The Morgan fingerprint density at radius 1 is 0.927 bits per heavy atom. The lowest BCUT2D eigenvalue weighted by molar-refractivity contribution is -0.142. The summed E-state index contributed by atoms with van der Waals surface area (Å²) in [4.78, 5) is 10.5. The Labute approximate surface area is 225 Å². The number of alkyl halides is 9. The molecule has 0 aliphatic rings. The highest BCUT2D eigenvalue weighted by Gasteiger charge is 2.36. The van der Waals surface area contributed by atoms with Crippen LogP contribution in [0.3, 0.4) is 0 Å². The van der Waals surface area contributed by atoms with Crippen LogP contribution in [0.25, 0.3) is 16.9 Å². The van der Waals surface area contributed by atoms with Crippen LogP contribution < -0.4 is 10.4 Å². The summed E-state index contributed by atoms with van der Waals surface area (Å²) in [5.41, 5.74) is -4.86. The second kappa shape index (κ2) is 10.5. The molecule has 0 fully saturated rings. The summed E-state index contributed by atoms with van der Waals surface area (Å²) in [6.07, 6.45) is -14.1. The summed E-state index contributed by atoms with van der Waals surface area (Å²) in [6, 6.07) is 1.56. The summed E-state index contributed by atoms with van der Waals surface area (Å²) in [5, 5.41) is 2.61. The number of benzene rings is 1. The number of aromatic nitrogens is 6. The molecule has 222 valence electrons. The molecule has 1 aromatic carbocycles. The van der Waals surface area contributed by atoms with Gasteiger partial charge in [-0.2, -0.15) is 54.3 Å². The van der Waals surface area contributed by atoms with Gasteiger partial charge in [-0.15, -0.1) is 0 Å². The molecule has 0 N–H and O–H groups in total. The molecule has 0 spiro atoms. The van der Waals surface area contributed by atoms with Gasteiger partial charge in [-0.25, -0.2) is 18.8 Å². The number of hydrogen-bond acceptors (Lipinski definition) is 5. The topological polar surface area (TPSA) is 75.1 Å². The molecule has 3 aromatic heterocycles. The van der Waals surface area contributed by atoms with E-state index in [0.29, 0.717) is 27.3 Å². The average Bonchev–Trinajstić information content (AvgIpc) is 3.35. The molecule has 0 bridgehead atoms. The van der Waals surface area contributed by atoms with Crippen molar-refractivity contribution in [3.63, 3.8) is 0 Å². The molecule has 3 heterocycles. The predicted octanol–water partition coefficient (Wildman–Crippen LogP) is 5.45. The van der Waals surface area contributed by atoms with Crippen LogP contribution in [0.15, 0.2) is 29.4 Å². The van der Waals surface area contributed by atoms with Gasteiger partial charge in [0.15, 0.2) is 23.0 Å². The molecule has 0 aliphatic heterocycles. The van der Waals surface area contributed by atoms with Gasteiger partial charge in [0.05, 0.1) is 19.9 Å². The SMILES string of the molecule is COc1cc(C(F)(F)F)nn1-c1c(F)cc(Cn2c(=NCC(F)(F)F)n(CC(F)(F)F)c3cnc(Cl)nc32)cc1F. The van der Waals surface area contributed by atoms with Crippen molar-refractivity contribution in [1.29, 1.82) is 0 Å². The number of ether oxygens (including phenoxy) is 1. The van der Waals surface area contributed by atoms with Crippen LogP contribution in [0.5, 0.6) is 5.88 Å². The molecular weight excluding hydrogens is 611 g/mol. The van der Waals surface area contributed by atoms with Crippen LogP contribution >= 0.6 is 11.6 Å². The number of methoxy groups -OCH3 is 1. The molecule has 20 heteroatoms. The molecule has 0 saturated carbocycles. The van der Waals surface area contributed by atoms with Gasteiger partial charge in [0.2, 0.25) is 16.8 Å². The first-order valence-corrected chi connectivity index (χ1v) is 11.2. The number of hydrogen-bond donors (Lipinski definition) is 0. The minimum Gasteiger partial charge on any atom is -0.481 e. The lowest BCUT2D eigenvalue weighted by Gasteiger charge is -2.12. The largest absolute Gasteiger partial charge is 0.481 e. The van der Waals surface area contributed by atoms with E-state index in [0.717, 1.165) is 13.3 Å². The van der Waals surface area contributed by atoms with Crippen molar-refractivity contribution < 1.29 is 53.0 Å². The normalized spacial score (nSPS) is 13.4. The van der Waals surface area contributed by atoms with E-state index in [1.807, 2.05) is 0 Å². The van der Waals surface area contributed by atoms with Gasteiger partial charge in [-0.3, -0.25) is 9.13 Å². The summed E-state index contributed by atoms with van der Waals surface area (Å²) in [5.74, 6) is -3.67. The molecule has 4 aromatic rings. The summed E-state index contributed by atoms with van der Waals surface area (Å²) < 4.78 is 154. The van der Waals surface area contributed by atoms with Crippen molar-refractivity contribution in [2.45, 2.75) is 31.6 Å². The van der Waals surface area contributed by atoms with Gasteiger partial charge >= 0.3 is 18.5 Å². The van der Waals surface area contributed by atoms with Crippen molar-refractivity contribution in [2.75, 3.05) is 13.7 Å².